The molecule has 0 aliphatic carbocycles. The van der Waals surface area contributed by atoms with Gasteiger partial charge in [0.05, 0.1) is 16.9 Å². The summed E-state index contributed by atoms with van der Waals surface area (Å²) in [4.78, 5) is 9.24. The Morgan fingerprint density at radius 2 is 2.12 bits per heavy atom. The van der Waals surface area contributed by atoms with Crippen molar-refractivity contribution in [1.82, 2.24) is 14.4 Å². The highest BCUT2D eigenvalue weighted by molar-refractivity contribution is 7.80. The quantitative estimate of drug-likeness (QED) is 0.681. The average molecular weight is 262 g/mol. The van der Waals surface area contributed by atoms with E-state index in [-0.39, 0.29) is 0 Å². The molecule has 2 aromatic heterocycles. The van der Waals surface area contributed by atoms with Crippen LogP contribution < -0.4 is 0 Å². The van der Waals surface area contributed by atoms with Gasteiger partial charge in [-0.2, -0.15) is 0 Å². The molecule has 0 atom stereocenters. The molecule has 0 fully saturated rings. The summed E-state index contributed by atoms with van der Waals surface area (Å²) in [7, 11) is 0. The molecule has 2 heterocycles. The van der Waals surface area contributed by atoms with Gasteiger partial charge in [-0.25, -0.2) is 4.98 Å². The van der Waals surface area contributed by atoms with E-state index in [0.717, 1.165) is 21.8 Å². The summed E-state index contributed by atoms with van der Waals surface area (Å²) in [6, 6.07) is 5.68. The molecule has 0 bridgehead atoms. The van der Waals surface area contributed by atoms with Crippen LogP contribution in [-0.4, -0.2) is 14.4 Å². The Bertz CT molecular complexity index is 693. The first-order valence-corrected chi connectivity index (χ1v) is 5.85. The van der Waals surface area contributed by atoms with E-state index in [2.05, 4.69) is 22.6 Å². The zero-order valence-corrected chi connectivity index (χ0v) is 10.4. The maximum absolute atomic E-state index is 6.21. The van der Waals surface area contributed by atoms with E-state index < -0.39 is 0 Å². The van der Waals surface area contributed by atoms with Crippen LogP contribution in [0.1, 0.15) is 0 Å². The third kappa shape index (κ3) is 1.79. The second kappa shape index (κ2) is 4.05. The largest absolute Gasteiger partial charge is 0.304 e. The van der Waals surface area contributed by atoms with Gasteiger partial charge in [0.2, 0.25) is 0 Å². The number of benzene rings is 1. The van der Waals surface area contributed by atoms with E-state index in [0.29, 0.717) is 5.02 Å². The lowest BCUT2D eigenvalue weighted by Gasteiger charge is -2.05. The molecule has 1 aromatic carbocycles. The van der Waals surface area contributed by atoms with Gasteiger partial charge in [0.15, 0.2) is 5.65 Å². The molecule has 0 saturated heterocycles. The number of fused-ring (bicyclic) bond motifs is 1. The third-order valence-electron chi connectivity index (χ3n) is 2.53. The van der Waals surface area contributed by atoms with Crippen LogP contribution in [-0.2, 0) is 0 Å². The number of hydrogen-bond donors (Lipinski definition) is 1. The number of thiol groups is 1. The minimum absolute atomic E-state index is 0.614. The zero-order chi connectivity index (χ0) is 11.8. The van der Waals surface area contributed by atoms with Crippen LogP contribution in [0.4, 0.5) is 0 Å². The molecule has 0 spiro atoms. The molecule has 0 N–H and O–H groups in total. The maximum atomic E-state index is 6.21. The van der Waals surface area contributed by atoms with Crippen LogP contribution in [0.3, 0.4) is 0 Å². The summed E-state index contributed by atoms with van der Waals surface area (Å²) < 4.78 is 1.91. The molecule has 5 heteroatoms. The van der Waals surface area contributed by atoms with E-state index in [4.69, 9.17) is 11.6 Å². The van der Waals surface area contributed by atoms with Crippen LogP contribution in [0, 0.1) is 0 Å². The molecule has 0 unspecified atom stereocenters. The number of rotatable bonds is 1. The van der Waals surface area contributed by atoms with E-state index in [1.165, 1.54) is 0 Å². The molecule has 17 heavy (non-hydrogen) atoms. The van der Waals surface area contributed by atoms with Crippen molar-refractivity contribution in [2.45, 2.75) is 4.90 Å². The Balaban J connectivity index is 2.23. The van der Waals surface area contributed by atoms with Gasteiger partial charge in [-0.15, -0.1) is 12.6 Å². The van der Waals surface area contributed by atoms with Crippen molar-refractivity contribution in [2.24, 2.45) is 0 Å². The standard InChI is InChI=1S/C12H8ClN3S/c13-12-8(2-1-3-10(12)17)9-7-16-5-4-14-11(16)6-15-9/h1-7,17H. The number of imidazole rings is 1. The van der Waals surface area contributed by atoms with E-state index in [1.807, 2.05) is 35.0 Å². The van der Waals surface area contributed by atoms with Gasteiger partial charge in [0, 0.05) is 29.0 Å². The second-order valence-electron chi connectivity index (χ2n) is 3.60. The molecule has 3 aromatic rings. The topological polar surface area (TPSA) is 30.2 Å². The highest BCUT2D eigenvalue weighted by Gasteiger charge is 2.08. The molecule has 0 amide bonds. The van der Waals surface area contributed by atoms with Crippen molar-refractivity contribution in [3.8, 4) is 11.3 Å². The smallest absolute Gasteiger partial charge is 0.155 e. The van der Waals surface area contributed by atoms with Crippen molar-refractivity contribution in [3.05, 3.63) is 48.0 Å². The van der Waals surface area contributed by atoms with E-state index in [1.54, 1.807) is 12.4 Å². The van der Waals surface area contributed by atoms with Crippen molar-refractivity contribution in [3.63, 3.8) is 0 Å². The minimum atomic E-state index is 0.614. The lowest BCUT2D eigenvalue weighted by Crippen LogP contribution is -1.90. The number of nitrogens with zero attached hydrogens (tertiary/aromatic N) is 3. The molecule has 0 aliphatic rings. The molecule has 3 nitrogen and oxygen atoms in total. The summed E-state index contributed by atoms with van der Waals surface area (Å²) in [5, 5.41) is 0.614. The average Bonchev–Trinajstić information content (AvgIpc) is 2.79. The fourth-order valence-electron chi connectivity index (χ4n) is 1.68. The Kier molecular flexibility index (Phi) is 2.53. The van der Waals surface area contributed by atoms with Crippen LogP contribution in [0.25, 0.3) is 16.9 Å². The second-order valence-corrected chi connectivity index (χ2v) is 4.46. The monoisotopic (exact) mass is 261 g/mol. The Morgan fingerprint density at radius 1 is 1.24 bits per heavy atom. The molecule has 84 valence electrons. The van der Waals surface area contributed by atoms with Crippen LogP contribution in [0.5, 0.6) is 0 Å². The van der Waals surface area contributed by atoms with E-state index in [9.17, 15) is 0 Å². The summed E-state index contributed by atoms with van der Waals surface area (Å²) in [6.07, 6.45) is 7.23. The number of hydrogen-bond acceptors (Lipinski definition) is 3. The van der Waals surface area contributed by atoms with Gasteiger partial charge in [-0.1, -0.05) is 23.7 Å². The Labute approximate surface area is 109 Å². The molecule has 3 rings (SSSR count). The van der Waals surface area contributed by atoms with Crippen molar-refractivity contribution in [2.75, 3.05) is 0 Å². The summed E-state index contributed by atoms with van der Waals surface area (Å²) in [5.74, 6) is 0. The summed E-state index contributed by atoms with van der Waals surface area (Å²) in [5.41, 5.74) is 2.48. The first kappa shape index (κ1) is 10.6. The molecular weight excluding hydrogens is 254 g/mol. The van der Waals surface area contributed by atoms with Crippen LogP contribution in [0.15, 0.2) is 47.9 Å². The SMILES string of the molecule is Sc1cccc(-c2cn3ccnc3cn2)c1Cl. The fourth-order valence-corrected chi connectivity index (χ4v) is 2.11. The van der Waals surface area contributed by atoms with Crippen molar-refractivity contribution in [1.29, 1.82) is 0 Å². The third-order valence-corrected chi connectivity index (χ3v) is 3.45. The Morgan fingerprint density at radius 3 is 3.00 bits per heavy atom. The number of aromatic nitrogens is 3. The maximum Gasteiger partial charge on any atom is 0.155 e. The molecule has 0 aliphatic heterocycles. The lowest BCUT2D eigenvalue weighted by atomic mass is 10.1. The van der Waals surface area contributed by atoms with Gasteiger partial charge in [0.25, 0.3) is 0 Å². The van der Waals surface area contributed by atoms with E-state index >= 15 is 0 Å². The summed E-state index contributed by atoms with van der Waals surface area (Å²) in [6.45, 7) is 0. The number of halogens is 1. The molecule has 0 radical (unpaired) electrons. The highest BCUT2D eigenvalue weighted by Crippen LogP contribution is 2.31. The predicted molar refractivity (Wildman–Crippen MR) is 70.7 cm³/mol. The molecular formula is C12H8ClN3S. The fraction of sp³-hybridized carbons (Fsp3) is 0. The predicted octanol–water partition coefficient (Wildman–Crippen LogP) is 3.34. The lowest BCUT2D eigenvalue weighted by molar-refractivity contribution is 1.13. The zero-order valence-electron chi connectivity index (χ0n) is 8.71. The van der Waals surface area contributed by atoms with Crippen LogP contribution >= 0.6 is 24.2 Å². The summed E-state index contributed by atoms with van der Waals surface area (Å²) >= 11 is 10.5. The van der Waals surface area contributed by atoms with Gasteiger partial charge in [-0.05, 0) is 6.07 Å². The van der Waals surface area contributed by atoms with Gasteiger partial charge >= 0.3 is 0 Å². The Hall–Kier alpha value is -1.52. The molecule has 0 saturated carbocycles. The normalized spacial score (nSPS) is 10.9. The van der Waals surface area contributed by atoms with Crippen LogP contribution in [0.2, 0.25) is 5.02 Å². The van der Waals surface area contributed by atoms with Gasteiger partial charge < -0.3 is 4.40 Å². The van der Waals surface area contributed by atoms with Crippen molar-refractivity contribution < 1.29 is 0 Å². The first-order valence-electron chi connectivity index (χ1n) is 5.02. The van der Waals surface area contributed by atoms with Gasteiger partial charge in [0.1, 0.15) is 0 Å². The van der Waals surface area contributed by atoms with Gasteiger partial charge in [-0.3, -0.25) is 4.98 Å². The van der Waals surface area contributed by atoms with Crippen molar-refractivity contribution >= 4 is 29.9 Å². The highest BCUT2D eigenvalue weighted by atomic mass is 35.5. The first-order chi connectivity index (χ1) is 8.25. The minimum Gasteiger partial charge on any atom is -0.304 e.